The maximum absolute atomic E-state index is 5.33. The van der Waals surface area contributed by atoms with E-state index in [4.69, 9.17) is 4.42 Å². The highest BCUT2D eigenvalue weighted by molar-refractivity contribution is 14.0. The number of hydrogen-bond donors (Lipinski definition) is 2. The molecule has 1 aromatic rings. The fourth-order valence-electron chi connectivity index (χ4n) is 1.53. The van der Waals surface area contributed by atoms with Crippen molar-refractivity contribution >= 4 is 41.7 Å². The Morgan fingerprint density at radius 2 is 2.10 bits per heavy atom. The average molecular weight is 425 g/mol. The number of nitrogens with one attached hydrogen (secondary N) is 2. The van der Waals surface area contributed by atoms with Gasteiger partial charge in [0.05, 0.1) is 6.26 Å². The van der Waals surface area contributed by atoms with Gasteiger partial charge in [-0.1, -0.05) is 20.8 Å². The van der Waals surface area contributed by atoms with E-state index < -0.39 is 0 Å². The summed E-state index contributed by atoms with van der Waals surface area (Å²) in [5.41, 5.74) is 0. The average Bonchev–Trinajstić information content (AvgIpc) is 2.93. The topological polar surface area (TPSA) is 49.6 Å². The molecule has 1 unspecified atom stereocenters. The first-order valence-corrected chi connectivity index (χ1v) is 8.48. The van der Waals surface area contributed by atoms with Crippen LogP contribution in [0.3, 0.4) is 0 Å². The molecular weight excluding hydrogens is 397 g/mol. The molecule has 1 heterocycles. The molecular formula is C15H28IN3OS. The standard InChI is InChI=1S/C15H27N3OS.HI/c1-12(2)10-17-15(18-11-13(3)20-4)16-8-7-14-6-5-9-19-14;/h5-6,9,12-13H,7-8,10-11H2,1-4H3,(H2,16,17,18);1H. The Kier molecular flexibility index (Phi) is 12.0. The van der Waals surface area contributed by atoms with Crippen LogP contribution in [0.1, 0.15) is 26.5 Å². The van der Waals surface area contributed by atoms with Gasteiger partial charge in [0.1, 0.15) is 5.76 Å². The monoisotopic (exact) mass is 425 g/mol. The van der Waals surface area contributed by atoms with E-state index in [0.29, 0.717) is 11.2 Å². The minimum absolute atomic E-state index is 0. The first kappa shape index (κ1) is 20.6. The molecule has 0 bridgehead atoms. The van der Waals surface area contributed by atoms with Crippen molar-refractivity contribution in [2.24, 2.45) is 10.9 Å². The van der Waals surface area contributed by atoms with Crippen LogP contribution in [0.5, 0.6) is 0 Å². The smallest absolute Gasteiger partial charge is 0.191 e. The van der Waals surface area contributed by atoms with Crippen LogP contribution in [-0.2, 0) is 6.42 Å². The number of thioether (sulfide) groups is 1. The molecule has 1 rings (SSSR count). The lowest BCUT2D eigenvalue weighted by molar-refractivity contribution is 0.506. The predicted molar refractivity (Wildman–Crippen MR) is 104 cm³/mol. The van der Waals surface area contributed by atoms with E-state index in [1.54, 1.807) is 6.26 Å². The summed E-state index contributed by atoms with van der Waals surface area (Å²) in [7, 11) is 0. The lowest BCUT2D eigenvalue weighted by Crippen LogP contribution is -2.41. The molecule has 0 amide bonds. The number of halogens is 1. The third-order valence-corrected chi connectivity index (χ3v) is 3.79. The SMILES string of the molecule is CSC(C)CNC(=NCC(C)C)NCCc1ccco1.I. The van der Waals surface area contributed by atoms with E-state index in [1.807, 2.05) is 23.9 Å². The van der Waals surface area contributed by atoms with Crippen molar-refractivity contribution < 1.29 is 4.42 Å². The molecule has 0 spiro atoms. The van der Waals surface area contributed by atoms with Crippen molar-refractivity contribution in [3.63, 3.8) is 0 Å². The summed E-state index contributed by atoms with van der Waals surface area (Å²) < 4.78 is 5.33. The van der Waals surface area contributed by atoms with Gasteiger partial charge in [0.15, 0.2) is 5.96 Å². The molecule has 0 saturated heterocycles. The van der Waals surface area contributed by atoms with Crippen LogP contribution < -0.4 is 10.6 Å². The summed E-state index contributed by atoms with van der Waals surface area (Å²) in [4.78, 5) is 4.60. The molecule has 0 aromatic carbocycles. The zero-order chi connectivity index (χ0) is 14.8. The molecule has 0 aliphatic heterocycles. The van der Waals surface area contributed by atoms with Gasteiger partial charge >= 0.3 is 0 Å². The van der Waals surface area contributed by atoms with Gasteiger partial charge in [0.2, 0.25) is 0 Å². The van der Waals surface area contributed by atoms with Crippen LogP contribution in [0.4, 0.5) is 0 Å². The molecule has 0 aliphatic rings. The summed E-state index contributed by atoms with van der Waals surface area (Å²) in [6, 6.07) is 3.91. The summed E-state index contributed by atoms with van der Waals surface area (Å²) >= 11 is 1.85. The van der Waals surface area contributed by atoms with Crippen LogP contribution in [0.15, 0.2) is 27.8 Å². The first-order valence-electron chi connectivity index (χ1n) is 7.19. The molecule has 1 aromatic heterocycles. The molecule has 21 heavy (non-hydrogen) atoms. The molecule has 6 heteroatoms. The number of nitrogens with zero attached hydrogens (tertiary/aromatic N) is 1. The Balaban J connectivity index is 0.00000400. The lowest BCUT2D eigenvalue weighted by Gasteiger charge is -2.15. The number of guanidine groups is 1. The van der Waals surface area contributed by atoms with Crippen molar-refractivity contribution in [3.05, 3.63) is 24.2 Å². The van der Waals surface area contributed by atoms with Crippen molar-refractivity contribution in [3.8, 4) is 0 Å². The fraction of sp³-hybridized carbons (Fsp3) is 0.667. The minimum Gasteiger partial charge on any atom is -0.469 e. The zero-order valence-corrected chi connectivity index (χ0v) is 16.5. The third-order valence-electron chi connectivity index (χ3n) is 2.82. The van der Waals surface area contributed by atoms with Crippen LogP contribution in [-0.4, -0.2) is 37.1 Å². The Hall–Kier alpha value is -0.370. The molecule has 0 aliphatic carbocycles. The normalized spacial score (nSPS) is 12.9. The zero-order valence-electron chi connectivity index (χ0n) is 13.4. The molecule has 122 valence electrons. The van der Waals surface area contributed by atoms with Gasteiger partial charge in [-0.05, 0) is 24.3 Å². The van der Waals surface area contributed by atoms with Crippen LogP contribution >= 0.6 is 35.7 Å². The van der Waals surface area contributed by atoms with Crippen LogP contribution in [0.25, 0.3) is 0 Å². The first-order chi connectivity index (χ1) is 9.61. The second-order valence-corrected chi connectivity index (χ2v) is 6.54. The van der Waals surface area contributed by atoms with Gasteiger partial charge in [-0.25, -0.2) is 0 Å². The summed E-state index contributed by atoms with van der Waals surface area (Å²) in [5, 5.41) is 7.33. The second kappa shape index (κ2) is 12.2. The lowest BCUT2D eigenvalue weighted by atomic mass is 10.2. The maximum atomic E-state index is 5.33. The van der Waals surface area contributed by atoms with Gasteiger partial charge in [-0.15, -0.1) is 24.0 Å². The summed E-state index contributed by atoms with van der Waals surface area (Å²) in [5.74, 6) is 2.46. The highest BCUT2D eigenvalue weighted by atomic mass is 127. The van der Waals surface area contributed by atoms with Crippen LogP contribution in [0.2, 0.25) is 0 Å². The molecule has 4 nitrogen and oxygen atoms in total. The van der Waals surface area contributed by atoms with Crippen molar-refractivity contribution in [1.82, 2.24) is 10.6 Å². The quantitative estimate of drug-likeness (QED) is 0.381. The minimum atomic E-state index is 0. The summed E-state index contributed by atoms with van der Waals surface area (Å²) in [6.07, 6.45) is 4.70. The van der Waals surface area contributed by atoms with Gasteiger partial charge < -0.3 is 15.1 Å². The number of furan rings is 1. The Morgan fingerprint density at radius 3 is 2.67 bits per heavy atom. The Morgan fingerprint density at radius 1 is 1.33 bits per heavy atom. The number of hydrogen-bond acceptors (Lipinski definition) is 3. The van der Waals surface area contributed by atoms with E-state index in [2.05, 4.69) is 42.7 Å². The van der Waals surface area contributed by atoms with Gasteiger partial charge in [0.25, 0.3) is 0 Å². The van der Waals surface area contributed by atoms with E-state index in [9.17, 15) is 0 Å². The largest absolute Gasteiger partial charge is 0.469 e. The number of aliphatic imine (C=N–C) groups is 1. The van der Waals surface area contributed by atoms with Crippen molar-refractivity contribution in [1.29, 1.82) is 0 Å². The van der Waals surface area contributed by atoms with Crippen LogP contribution in [0, 0.1) is 5.92 Å². The molecule has 0 saturated carbocycles. The molecule has 0 fully saturated rings. The van der Waals surface area contributed by atoms with E-state index in [1.165, 1.54) is 0 Å². The highest BCUT2D eigenvalue weighted by Gasteiger charge is 2.04. The summed E-state index contributed by atoms with van der Waals surface area (Å²) in [6.45, 7) is 9.14. The Bertz CT molecular complexity index is 382. The number of rotatable bonds is 8. The van der Waals surface area contributed by atoms with Crippen molar-refractivity contribution in [2.75, 3.05) is 25.9 Å². The fourth-order valence-corrected chi connectivity index (χ4v) is 1.78. The highest BCUT2D eigenvalue weighted by Crippen LogP contribution is 2.02. The van der Waals surface area contributed by atoms with E-state index in [-0.39, 0.29) is 24.0 Å². The third kappa shape index (κ3) is 10.1. The molecule has 0 radical (unpaired) electrons. The van der Waals surface area contributed by atoms with Gasteiger partial charge in [0, 0.05) is 31.3 Å². The van der Waals surface area contributed by atoms with Gasteiger partial charge in [-0.3, -0.25) is 4.99 Å². The second-order valence-electron chi connectivity index (χ2n) is 5.27. The molecule has 2 N–H and O–H groups in total. The molecule has 1 atom stereocenters. The van der Waals surface area contributed by atoms with E-state index in [0.717, 1.165) is 37.8 Å². The van der Waals surface area contributed by atoms with Gasteiger partial charge in [-0.2, -0.15) is 11.8 Å². The van der Waals surface area contributed by atoms with E-state index >= 15 is 0 Å². The Labute approximate surface area is 150 Å². The van der Waals surface area contributed by atoms with Crippen molar-refractivity contribution in [2.45, 2.75) is 32.4 Å². The maximum Gasteiger partial charge on any atom is 0.191 e. The predicted octanol–water partition coefficient (Wildman–Crippen LogP) is 3.38.